The molecule has 0 bridgehead atoms. The first kappa shape index (κ1) is 11.8. The fourth-order valence-corrected chi connectivity index (χ4v) is 2.21. The van der Waals surface area contributed by atoms with E-state index in [1.807, 2.05) is 0 Å². The molecule has 0 N–H and O–H groups in total. The molecule has 1 rings (SSSR count). The summed E-state index contributed by atoms with van der Waals surface area (Å²) in [5, 5.41) is 0. The number of hydrogen-bond acceptors (Lipinski definition) is 0. The van der Waals surface area contributed by atoms with Crippen molar-refractivity contribution in [3.05, 3.63) is 33.9 Å². The Hall–Kier alpha value is -0.300. The molecule has 0 saturated carbocycles. The van der Waals surface area contributed by atoms with E-state index in [1.165, 1.54) is 27.8 Å². The van der Waals surface area contributed by atoms with Crippen molar-refractivity contribution in [2.24, 2.45) is 0 Å². The van der Waals surface area contributed by atoms with Gasteiger partial charge in [0, 0.05) is 4.83 Å². The average molecular weight is 255 g/mol. The van der Waals surface area contributed by atoms with E-state index >= 15 is 0 Å². The first-order valence-electron chi connectivity index (χ1n) is 5.13. The molecule has 1 unspecified atom stereocenters. The lowest BCUT2D eigenvalue weighted by Crippen LogP contribution is -2.04. The Kier molecular flexibility index (Phi) is 3.77. The molecule has 0 aliphatic carbocycles. The Balaban J connectivity index is 3.25. The monoisotopic (exact) mass is 254 g/mol. The fraction of sp³-hybridized carbons (Fsp3) is 0.538. The van der Waals surface area contributed by atoms with Crippen LogP contribution in [0.3, 0.4) is 0 Å². The second kappa shape index (κ2) is 4.48. The predicted octanol–water partition coefficient (Wildman–Crippen LogP) is 4.25. The lowest BCUT2D eigenvalue weighted by atomic mass is 9.92. The lowest BCUT2D eigenvalue weighted by molar-refractivity contribution is 0.929. The summed E-state index contributed by atoms with van der Waals surface area (Å²) in [6, 6.07) is 2.28. The van der Waals surface area contributed by atoms with Crippen LogP contribution in [0.5, 0.6) is 0 Å². The number of aryl methyl sites for hydroxylation is 2. The third kappa shape index (κ3) is 2.38. The summed E-state index contributed by atoms with van der Waals surface area (Å²) in [6.07, 6.45) is 1.13. The van der Waals surface area contributed by atoms with Crippen molar-refractivity contribution < 1.29 is 0 Å². The van der Waals surface area contributed by atoms with E-state index in [0.29, 0.717) is 4.83 Å². The number of benzene rings is 1. The maximum Gasteiger partial charge on any atom is 0.0158 e. The molecule has 0 aliphatic heterocycles. The third-order valence-corrected chi connectivity index (χ3v) is 3.33. The Bertz CT molecular complexity index is 311. The minimum atomic E-state index is 0.557. The highest BCUT2D eigenvalue weighted by Gasteiger charge is 2.09. The third-order valence-electron chi connectivity index (χ3n) is 3.01. The second-order valence-corrected chi connectivity index (χ2v) is 5.79. The zero-order valence-electron chi connectivity index (χ0n) is 9.74. The van der Waals surface area contributed by atoms with Crippen molar-refractivity contribution >= 4 is 15.9 Å². The van der Waals surface area contributed by atoms with E-state index in [1.54, 1.807) is 0 Å². The summed E-state index contributed by atoms with van der Waals surface area (Å²) in [5.74, 6) is 0. The minimum Gasteiger partial charge on any atom is -0.0890 e. The van der Waals surface area contributed by atoms with Gasteiger partial charge in [-0.25, -0.2) is 0 Å². The zero-order chi connectivity index (χ0) is 10.9. The summed E-state index contributed by atoms with van der Waals surface area (Å²) in [6.45, 7) is 11.1. The van der Waals surface area contributed by atoms with Gasteiger partial charge in [-0.1, -0.05) is 28.9 Å². The quantitative estimate of drug-likeness (QED) is 0.693. The van der Waals surface area contributed by atoms with Crippen LogP contribution in [-0.2, 0) is 6.42 Å². The summed E-state index contributed by atoms with van der Waals surface area (Å²) in [7, 11) is 0. The number of hydrogen-bond donors (Lipinski definition) is 0. The van der Waals surface area contributed by atoms with Crippen molar-refractivity contribution in [2.45, 2.75) is 45.9 Å². The maximum atomic E-state index is 3.63. The maximum absolute atomic E-state index is 3.63. The molecule has 1 aromatic carbocycles. The van der Waals surface area contributed by atoms with Crippen LogP contribution < -0.4 is 0 Å². The van der Waals surface area contributed by atoms with E-state index in [0.717, 1.165) is 6.42 Å². The van der Waals surface area contributed by atoms with Crippen LogP contribution in [0.4, 0.5) is 0 Å². The first-order chi connectivity index (χ1) is 6.43. The van der Waals surface area contributed by atoms with Crippen LogP contribution >= 0.6 is 15.9 Å². The van der Waals surface area contributed by atoms with E-state index < -0.39 is 0 Å². The average Bonchev–Trinajstić information content (AvgIpc) is 2.09. The Morgan fingerprint density at radius 1 is 1.07 bits per heavy atom. The highest BCUT2D eigenvalue weighted by atomic mass is 79.9. The van der Waals surface area contributed by atoms with Crippen LogP contribution in [0.2, 0.25) is 0 Å². The van der Waals surface area contributed by atoms with Crippen molar-refractivity contribution in [1.82, 2.24) is 0 Å². The van der Waals surface area contributed by atoms with Gasteiger partial charge in [0.15, 0.2) is 0 Å². The molecular formula is C13H19Br. The van der Waals surface area contributed by atoms with Gasteiger partial charge in [0.1, 0.15) is 0 Å². The molecule has 0 heterocycles. The van der Waals surface area contributed by atoms with Crippen LogP contribution in [0, 0.1) is 27.7 Å². The summed E-state index contributed by atoms with van der Waals surface area (Å²) in [4.78, 5) is 0.557. The molecule has 0 saturated heterocycles. The highest BCUT2D eigenvalue weighted by molar-refractivity contribution is 9.09. The molecule has 0 spiro atoms. The highest BCUT2D eigenvalue weighted by Crippen LogP contribution is 2.24. The molecule has 78 valence electrons. The normalized spacial score (nSPS) is 13.0. The number of rotatable bonds is 2. The molecule has 1 atom stereocenters. The van der Waals surface area contributed by atoms with Crippen LogP contribution in [0.15, 0.2) is 6.07 Å². The van der Waals surface area contributed by atoms with Gasteiger partial charge in [-0.15, -0.1) is 0 Å². The Morgan fingerprint density at radius 3 is 1.86 bits per heavy atom. The molecule has 14 heavy (non-hydrogen) atoms. The lowest BCUT2D eigenvalue weighted by Gasteiger charge is -2.16. The largest absolute Gasteiger partial charge is 0.0890 e. The summed E-state index contributed by atoms with van der Waals surface area (Å²) < 4.78 is 0. The fourth-order valence-electron chi connectivity index (χ4n) is 1.89. The summed E-state index contributed by atoms with van der Waals surface area (Å²) >= 11 is 3.63. The molecule has 0 radical (unpaired) electrons. The van der Waals surface area contributed by atoms with Crippen molar-refractivity contribution in [3.8, 4) is 0 Å². The van der Waals surface area contributed by atoms with Gasteiger partial charge >= 0.3 is 0 Å². The van der Waals surface area contributed by atoms with Crippen LogP contribution in [0.1, 0.15) is 34.7 Å². The van der Waals surface area contributed by atoms with Crippen molar-refractivity contribution in [3.63, 3.8) is 0 Å². The zero-order valence-corrected chi connectivity index (χ0v) is 11.3. The topological polar surface area (TPSA) is 0 Å². The van der Waals surface area contributed by atoms with Gasteiger partial charge in [-0.2, -0.15) is 0 Å². The predicted molar refractivity (Wildman–Crippen MR) is 67.5 cm³/mol. The molecule has 0 fully saturated rings. The smallest absolute Gasteiger partial charge is 0.0158 e. The van der Waals surface area contributed by atoms with Gasteiger partial charge in [0.25, 0.3) is 0 Å². The van der Waals surface area contributed by atoms with Gasteiger partial charge in [0.05, 0.1) is 0 Å². The van der Waals surface area contributed by atoms with Crippen LogP contribution in [-0.4, -0.2) is 4.83 Å². The molecular weight excluding hydrogens is 236 g/mol. The molecule has 1 aromatic rings. The molecule has 0 aliphatic rings. The van der Waals surface area contributed by atoms with E-state index in [9.17, 15) is 0 Å². The second-order valence-electron chi connectivity index (χ2n) is 4.22. The van der Waals surface area contributed by atoms with E-state index in [-0.39, 0.29) is 0 Å². The Labute approximate surface area is 95.9 Å². The molecule has 0 nitrogen and oxygen atoms in total. The minimum absolute atomic E-state index is 0.557. The van der Waals surface area contributed by atoms with Crippen LogP contribution in [0.25, 0.3) is 0 Å². The molecule has 0 amide bonds. The Morgan fingerprint density at radius 2 is 1.50 bits per heavy atom. The molecule has 0 aromatic heterocycles. The number of halogens is 1. The molecule has 1 heteroatoms. The van der Waals surface area contributed by atoms with E-state index in [4.69, 9.17) is 0 Å². The van der Waals surface area contributed by atoms with Crippen molar-refractivity contribution in [1.29, 1.82) is 0 Å². The van der Waals surface area contributed by atoms with Gasteiger partial charge in [-0.05, 0) is 61.9 Å². The number of alkyl halides is 1. The van der Waals surface area contributed by atoms with E-state index in [2.05, 4.69) is 56.6 Å². The van der Waals surface area contributed by atoms with Gasteiger partial charge in [0.2, 0.25) is 0 Å². The standard InChI is InChI=1S/C13H19Br/c1-8-6-9(2)12(5)13(11(8)4)7-10(3)14/h6,10H,7H2,1-5H3. The van der Waals surface area contributed by atoms with Crippen molar-refractivity contribution in [2.75, 3.05) is 0 Å². The van der Waals surface area contributed by atoms with Gasteiger partial charge < -0.3 is 0 Å². The summed E-state index contributed by atoms with van der Waals surface area (Å²) in [5.41, 5.74) is 7.26. The SMILES string of the molecule is Cc1cc(C)c(C)c(CC(C)Br)c1C. The first-order valence-corrected chi connectivity index (χ1v) is 6.05. The van der Waals surface area contributed by atoms with Gasteiger partial charge in [-0.3, -0.25) is 0 Å².